The van der Waals surface area contributed by atoms with Gasteiger partial charge in [0.1, 0.15) is 12.6 Å². The molecule has 0 aromatic heterocycles. The largest absolute Gasteiger partial charge is 0.480 e. The molecule has 104 valence electrons. The fourth-order valence-electron chi connectivity index (χ4n) is 2.17. The summed E-state index contributed by atoms with van der Waals surface area (Å²) in [6.07, 6.45) is 0.700. The number of amides is 1. The molecule has 0 aromatic carbocycles. The summed E-state index contributed by atoms with van der Waals surface area (Å²) in [6, 6.07) is -0.942. The van der Waals surface area contributed by atoms with Gasteiger partial charge < -0.3 is 15.2 Å². The molecule has 0 saturated heterocycles. The molecule has 0 radical (unpaired) electrons. The number of alkyl carbamates (subject to hydrolysis) is 1. The van der Waals surface area contributed by atoms with Crippen molar-refractivity contribution in [2.75, 3.05) is 6.61 Å². The summed E-state index contributed by atoms with van der Waals surface area (Å²) >= 11 is 0. The van der Waals surface area contributed by atoms with Crippen LogP contribution in [0.2, 0.25) is 0 Å². The van der Waals surface area contributed by atoms with Crippen molar-refractivity contribution in [1.82, 2.24) is 5.32 Å². The van der Waals surface area contributed by atoms with Crippen molar-refractivity contribution in [3.8, 4) is 0 Å². The van der Waals surface area contributed by atoms with E-state index in [0.717, 1.165) is 0 Å². The van der Waals surface area contributed by atoms with Crippen LogP contribution in [0.1, 0.15) is 27.7 Å². The van der Waals surface area contributed by atoms with Crippen LogP contribution in [0.4, 0.5) is 4.79 Å². The minimum Gasteiger partial charge on any atom is -0.480 e. The Bertz CT molecular complexity index is 291. The molecule has 0 aromatic rings. The zero-order valence-corrected chi connectivity index (χ0v) is 11.5. The molecule has 0 rings (SSSR count). The highest BCUT2D eigenvalue weighted by Crippen LogP contribution is 2.24. The van der Waals surface area contributed by atoms with E-state index in [1.165, 1.54) is 6.08 Å². The second-order valence-electron chi connectivity index (χ2n) is 4.91. The number of carboxylic acid groups (broad SMARTS) is 1. The van der Waals surface area contributed by atoms with Gasteiger partial charge in [-0.2, -0.15) is 0 Å². The van der Waals surface area contributed by atoms with Crippen LogP contribution in [0, 0.1) is 17.8 Å². The fraction of sp³-hybridized carbons (Fsp3) is 0.692. The maximum absolute atomic E-state index is 11.4. The van der Waals surface area contributed by atoms with E-state index in [4.69, 9.17) is 4.74 Å². The molecule has 5 heteroatoms. The third kappa shape index (κ3) is 5.21. The summed E-state index contributed by atoms with van der Waals surface area (Å²) in [5.41, 5.74) is 0. The van der Waals surface area contributed by atoms with Gasteiger partial charge in [0.2, 0.25) is 0 Å². The van der Waals surface area contributed by atoms with Crippen LogP contribution >= 0.6 is 0 Å². The van der Waals surface area contributed by atoms with E-state index in [1.807, 2.05) is 27.7 Å². The standard InChI is InChI=1S/C13H23NO4/c1-6-7-18-13(17)14-11(12(15)16)10(8(2)3)9(4)5/h6,8-11H,1,7H2,2-5H3,(H,14,17)(H,15,16). The van der Waals surface area contributed by atoms with Crippen LogP contribution in [0.25, 0.3) is 0 Å². The Hall–Kier alpha value is -1.52. The number of carbonyl (C=O) groups is 2. The van der Waals surface area contributed by atoms with E-state index in [-0.39, 0.29) is 24.4 Å². The molecule has 1 atom stereocenters. The molecule has 0 saturated carbocycles. The first kappa shape index (κ1) is 16.5. The SMILES string of the molecule is C=CCOC(=O)NC(C(=O)O)C(C(C)C)C(C)C. The topological polar surface area (TPSA) is 75.6 Å². The average Bonchev–Trinajstić information content (AvgIpc) is 2.24. The third-order valence-electron chi connectivity index (χ3n) is 2.80. The van der Waals surface area contributed by atoms with Crippen LogP contribution in [-0.2, 0) is 9.53 Å². The zero-order chi connectivity index (χ0) is 14.3. The molecule has 0 aliphatic heterocycles. The van der Waals surface area contributed by atoms with Gasteiger partial charge in [-0.15, -0.1) is 0 Å². The first-order valence-corrected chi connectivity index (χ1v) is 6.08. The smallest absolute Gasteiger partial charge is 0.408 e. The summed E-state index contributed by atoms with van der Waals surface area (Å²) in [5, 5.41) is 11.6. The Kier molecular flexibility index (Phi) is 7.08. The predicted molar refractivity (Wildman–Crippen MR) is 69.3 cm³/mol. The molecule has 0 bridgehead atoms. The Labute approximate surface area is 108 Å². The first-order chi connectivity index (χ1) is 8.31. The predicted octanol–water partition coefficient (Wildman–Crippen LogP) is 2.28. The lowest BCUT2D eigenvalue weighted by molar-refractivity contribution is -0.142. The van der Waals surface area contributed by atoms with Crippen molar-refractivity contribution in [2.24, 2.45) is 17.8 Å². The third-order valence-corrected chi connectivity index (χ3v) is 2.80. The van der Waals surface area contributed by atoms with Crippen LogP contribution in [0.15, 0.2) is 12.7 Å². The van der Waals surface area contributed by atoms with Crippen molar-refractivity contribution in [3.05, 3.63) is 12.7 Å². The van der Waals surface area contributed by atoms with Gasteiger partial charge in [0.05, 0.1) is 0 Å². The van der Waals surface area contributed by atoms with Crippen molar-refractivity contribution < 1.29 is 19.4 Å². The highest BCUT2D eigenvalue weighted by Gasteiger charge is 2.34. The summed E-state index contributed by atoms with van der Waals surface area (Å²) in [7, 11) is 0. The van der Waals surface area contributed by atoms with Crippen molar-refractivity contribution in [1.29, 1.82) is 0 Å². The summed E-state index contributed by atoms with van der Waals surface area (Å²) in [4.78, 5) is 22.7. The van der Waals surface area contributed by atoms with E-state index in [9.17, 15) is 14.7 Å². The van der Waals surface area contributed by atoms with Crippen molar-refractivity contribution in [3.63, 3.8) is 0 Å². The van der Waals surface area contributed by atoms with Crippen molar-refractivity contribution >= 4 is 12.1 Å². The molecular formula is C13H23NO4. The number of aliphatic carboxylic acids is 1. The Balaban J connectivity index is 4.78. The molecule has 0 aliphatic carbocycles. The van der Waals surface area contributed by atoms with Gasteiger partial charge in [-0.3, -0.25) is 0 Å². The van der Waals surface area contributed by atoms with Crippen LogP contribution < -0.4 is 5.32 Å². The second kappa shape index (κ2) is 7.74. The molecule has 1 amide bonds. The molecule has 2 N–H and O–H groups in total. The van der Waals surface area contributed by atoms with Crippen molar-refractivity contribution in [2.45, 2.75) is 33.7 Å². The number of carbonyl (C=O) groups excluding carboxylic acids is 1. The quantitative estimate of drug-likeness (QED) is 0.686. The van der Waals surface area contributed by atoms with Gasteiger partial charge in [0.25, 0.3) is 0 Å². The normalized spacial score (nSPS) is 12.6. The van der Waals surface area contributed by atoms with E-state index >= 15 is 0 Å². The van der Waals surface area contributed by atoms with Crippen LogP contribution in [0.3, 0.4) is 0 Å². The first-order valence-electron chi connectivity index (χ1n) is 6.08. The van der Waals surface area contributed by atoms with Gasteiger partial charge in [0.15, 0.2) is 0 Å². The fourth-order valence-corrected chi connectivity index (χ4v) is 2.17. The monoisotopic (exact) mass is 257 g/mol. The molecule has 18 heavy (non-hydrogen) atoms. The van der Waals surface area contributed by atoms with Gasteiger partial charge in [-0.25, -0.2) is 9.59 Å². The Morgan fingerprint density at radius 2 is 1.78 bits per heavy atom. The lowest BCUT2D eigenvalue weighted by atomic mass is 9.80. The average molecular weight is 257 g/mol. The number of carboxylic acids is 1. The molecule has 0 aliphatic rings. The summed E-state index contributed by atoms with van der Waals surface area (Å²) < 4.78 is 4.75. The summed E-state index contributed by atoms with van der Waals surface area (Å²) in [5.74, 6) is -0.909. The van der Waals surface area contributed by atoms with Gasteiger partial charge in [-0.1, -0.05) is 40.3 Å². The van der Waals surface area contributed by atoms with Gasteiger partial charge in [-0.05, 0) is 17.8 Å². The maximum Gasteiger partial charge on any atom is 0.408 e. The molecule has 0 heterocycles. The number of hydrogen-bond donors (Lipinski definition) is 2. The van der Waals surface area contributed by atoms with E-state index < -0.39 is 18.1 Å². The molecule has 0 fully saturated rings. The Morgan fingerprint density at radius 1 is 1.28 bits per heavy atom. The molecular weight excluding hydrogens is 234 g/mol. The highest BCUT2D eigenvalue weighted by atomic mass is 16.5. The summed E-state index contributed by atoms with van der Waals surface area (Å²) in [6.45, 7) is 11.2. The van der Waals surface area contributed by atoms with E-state index in [1.54, 1.807) is 0 Å². The molecule has 5 nitrogen and oxygen atoms in total. The van der Waals surface area contributed by atoms with Crippen LogP contribution in [0.5, 0.6) is 0 Å². The van der Waals surface area contributed by atoms with E-state index in [0.29, 0.717) is 0 Å². The zero-order valence-electron chi connectivity index (χ0n) is 11.5. The van der Waals surface area contributed by atoms with Crippen LogP contribution in [-0.4, -0.2) is 29.8 Å². The number of ether oxygens (including phenoxy) is 1. The lowest BCUT2D eigenvalue weighted by Gasteiger charge is -2.30. The maximum atomic E-state index is 11.4. The number of rotatable bonds is 7. The molecule has 1 unspecified atom stereocenters. The molecule has 0 spiro atoms. The number of nitrogens with one attached hydrogen (secondary N) is 1. The van der Waals surface area contributed by atoms with Gasteiger partial charge >= 0.3 is 12.1 Å². The highest BCUT2D eigenvalue weighted by molar-refractivity contribution is 5.80. The number of hydrogen-bond acceptors (Lipinski definition) is 3. The second-order valence-corrected chi connectivity index (χ2v) is 4.91. The lowest BCUT2D eigenvalue weighted by Crippen LogP contribution is -2.49. The minimum absolute atomic E-state index is 0.0617. The minimum atomic E-state index is -1.04. The van der Waals surface area contributed by atoms with Gasteiger partial charge in [0, 0.05) is 0 Å². The van der Waals surface area contributed by atoms with E-state index in [2.05, 4.69) is 11.9 Å². The Morgan fingerprint density at radius 3 is 2.11 bits per heavy atom.